The molecule has 1 saturated carbocycles. The summed E-state index contributed by atoms with van der Waals surface area (Å²) in [7, 11) is 0. The zero-order valence-corrected chi connectivity index (χ0v) is 16.9. The van der Waals surface area contributed by atoms with Crippen LogP contribution in [0.15, 0.2) is 24.3 Å². The first kappa shape index (κ1) is 19.7. The van der Waals surface area contributed by atoms with Crippen LogP contribution in [0.2, 0.25) is 0 Å². The fraction of sp³-hybridized carbons (Fsp3) is 0.591. The molecular weight excluding hydrogens is 366 g/mol. The number of carbonyl (C=O) groups is 2. The first-order valence-electron chi connectivity index (χ1n) is 10.7. The van der Waals surface area contributed by atoms with E-state index in [1.165, 1.54) is 0 Å². The molecule has 4 rings (SSSR count). The highest BCUT2D eigenvalue weighted by atomic mass is 16.2. The number of piperazine rings is 1. The van der Waals surface area contributed by atoms with Crippen molar-refractivity contribution in [3.63, 3.8) is 0 Å². The summed E-state index contributed by atoms with van der Waals surface area (Å²) in [5.74, 6) is 0.695. The quantitative estimate of drug-likeness (QED) is 0.765. The van der Waals surface area contributed by atoms with E-state index in [9.17, 15) is 14.9 Å². The summed E-state index contributed by atoms with van der Waals surface area (Å²) in [5, 5.41) is 9.36. The van der Waals surface area contributed by atoms with Crippen molar-refractivity contribution in [2.75, 3.05) is 63.8 Å². The standard InChI is InChI=1S/C22H29N5O2/c23-16-19-4-1-2-5-20(19)25-9-3-8-24(10-11-25)17-21(28)26-12-14-27(15-13-26)22(29)18-6-7-18/h1-2,4-5,18H,3,6-15,17H2. The van der Waals surface area contributed by atoms with E-state index in [2.05, 4.69) is 15.9 Å². The lowest BCUT2D eigenvalue weighted by atomic mass is 10.1. The molecule has 0 unspecified atom stereocenters. The molecule has 1 aliphatic carbocycles. The smallest absolute Gasteiger partial charge is 0.236 e. The van der Waals surface area contributed by atoms with Gasteiger partial charge in [-0.2, -0.15) is 5.26 Å². The van der Waals surface area contributed by atoms with E-state index in [-0.39, 0.29) is 17.7 Å². The van der Waals surface area contributed by atoms with Crippen LogP contribution in [0.3, 0.4) is 0 Å². The first-order chi connectivity index (χ1) is 14.2. The number of amides is 2. The van der Waals surface area contributed by atoms with Gasteiger partial charge in [0.15, 0.2) is 0 Å². The van der Waals surface area contributed by atoms with Crippen LogP contribution in [0, 0.1) is 17.2 Å². The Balaban J connectivity index is 1.26. The maximum absolute atomic E-state index is 12.8. The number of nitrogens with zero attached hydrogens (tertiary/aromatic N) is 5. The highest BCUT2D eigenvalue weighted by molar-refractivity contribution is 5.82. The van der Waals surface area contributed by atoms with Crippen LogP contribution >= 0.6 is 0 Å². The van der Waals surface area contributed by atoms with Gasteiger partial charge in [-0.1, -0.05) is 12.1 Å². The summed E-state index contributed by atoms with van der Waals surface area (Å²) in [5.41, 5.74) is 1.69. The largest absolute Gasteiger partial charge is 0.369 e. The second kappa shape index (κ2) is 8.83. The molecule has 0 N–H and O–H groups in total. The van der Waals surface area contributed by atoms with Gasteiger partial charge < -0.3 is 14.7 Å². The molecule has 3 aliphatic rings. The molecule has 0 aromatic heterocycles. The van der Waals surface area contributed by atoms with Crippen molar-refractivity contribution in [3.8, 4) is 6.07 Å². The molecule has 2 saturated heterocycles. The van der Waals surface area contributed by atoms with E-state index in [0.29, 0.717) is 38.3 Å². The Morgan fingerprint density at radius 2 is 1.66 bits per heavy atom. The Bertz CT molecular complexity index is 793. The maximum atomic E-state index is 12.8. The summed E-state index contributed by atoms with van der Waals surface area (Å²) in [6, 6.07) is 10.00. The average Bonchev–Trinajstić information content (AvgIpc) is 3.61. The fourth-order valence-electron chi connectivity index (χ4n) is 4.27. The van der Waals surface area contributed by atoms with Crippen LogP contribution in [0.5, 0.6) is 0 Å². The van der Waals surface area contributed by atoms with Crippen molar-refractivity contribution in [1.29, 1.82) is 5.26 Å². The Hall–Kier alpha value is -2.59. The molecular formula is C22H29N5O2. The van der Waals surface area contributed by atoms with Gasteiger partial charge in [0.05, 0.1) is 17.8 Å². The third-order valence-corrected chi connectivity index (χ3v) is 6.18. The molecule has 0 bridgehead atoms. The fourth-order valence-corrected chi connectivity index (χ4v) is 4.27. The van der Waals surface area contributed by atoms with E-state index in [1.807, 2.05) is 34.1 Å². The SMILES string of the molecule is N#Cc1ccccc1N1CCCN(CC(=O)N2CCN(C(=O)C3CC3)CC2)CC1. The Morgan fingerprint density at radius 3 is 2.38 bits per heavy atom. The molecule has 0 radical (unpaired) electrons. The number of benzene rings is 1. The van der Waals surface area contributed by atoms with Gasteiger partial charge in [0.1, 0.15) is 6.07 Å². The number of rotatable bonds is 4. The molecule has 0 atom stereocenters. The molecule has 1 aromatic carbocycles. The van der Waals surface area contributed by atoms with Gasteiger partial charge in [-0.15, -0.1) is 0 Å². The number of anilines is 1. The normalized spacial score (nSPS) is 20.9. The minimum Gasteiger partial charge on any atom is -0.369 e. The Morgan fingerprint density at radius 1 is 0.931 bits per heavy atom. The molecule has 2 amide bonds. The predicted molar refractivity (Wildman–Crippen MR) is 110 cm³/mol. The minimum absolute atomic E-state index is 0.161. The average molecular weight is 396 g/mol. The molecule has 2 aliphatic heterocycles. The number of hydrogen-bond donors (Lipinski definition) is 0. The van der Waals surface area contributed by atoms with Crippen molar-refractivity contribution < 1.29 is 9.59 Å². The third-order valence-electron chi connectivity index (χ3n) is 6.18. The van der Waals surface area contributed by atoms with Crippen LogP contribution in [0.25, 0.3) is 0 Å². The predicted octanol–water partition coefficient (Wildman–Crippen LogP) is 1.15. The lowest BCUT2D eigenvalue weighted by Gasteiger charge is -2.36. The minimum atomic E-state index is 0.161. The van der Waals surface area contributed by atoms with E-state index in [1.54, 1.807) is 0 Å². The summed E-state index contributed by atoms with van der Waals surface area (Å²) >= 11 is 0. The molecule has 7 nitrogen and oxygen atoms in total. The van der Waals surface area contributed by atoms with Crippen LogP contribution in [-0.4, -0.2) is 85.4 Å². The zero-order chi connectivity index (χ0) is 20.2. The Kier molecular flexibility index (Phi) is 6.00. The summed E-state index contributed by atoms with van der Waals surface area (Å²) in [6.45, 7) is 6.47. The van der Waals surface area contributed by atoms with Gasteiger partial charge in [-0.25, -0.2) is 0 Å². The highest BCUT2D eigenvalue weighted by Gasteiger charge is 2.35. The van der Waals surface area contributed by atoms with Gasteiger partial charge in [0, 0.05) is 58.3 Å². The van der Waals surface area contributed by atoms with Crippen molar-refractivity contribution in [2.45, 2.75) is 19.3 Å². The van der Waals surface area contributed by atoms with Crippen molar-refractivity contribution in [1.82, 2.24) is 14.7 Å². The third kappa shape index (κ3) is 4.70. The molecule has 1 aromatic rings. The summed E-state index contributed by atoms with van der Waals surface area (Å²) in [6.07, 6.45) is 3.03. The molecule has 3 fully saturated rings. The molecule has 7 heteroatoms. The number of carbonyl (C=O) groups excluding carboxylic acids is 2. The highest BCUT2D eigenvalue weighted by Crippen LogP contribution is 2.31. The van der Waals surface area contributed by atoms with Gasteiger partial charge in [0.2, 0.25) is 11.8 Å². The van der Waals surface area contributed by atoms with Gasteiger partial charge in [-0.05, 0) is 31.4 Å². The van der Waals surface area contributed by atoms with Gasteiger partial charge in [-0.3, -0.25) is 14.5 Å². The number of para-hydroxylation sites is 1. The molecule has 29 heavy (non-hydrogen) atoms. The number of hydrogen-bond acceptors (Lipinski definition) is 5. The zero-order valence-electron chi connectivity index (χ0n) is 16.9. The van der Waals surface area contributed by atoms with Gasteiger partial charge in [0.25, 0.3) is 0 Å². The first-order valence-corrected chi connectivity index (χ1v) is 10.7. The van der Waals surface area contributed by atoms with E-state index in [4.69, 9.17) is 0 Å². The summed E-state index contributed by atoms with van der Waals surface area (Å²) in [4.78, 5) is 33.3. The van der Waals surface area contributed by atoms with Crippen LogP contribution < -0.4 is 4.90 Å². The van der Waals surface area contributed by atoms with E-state index in [0.717, 1.165) is 51.1 Å². The molecule has 0 spiro atoms. The number of nitriles is 1. The van der Waals surface area contributed by atoms with Crippen LogP contribution in [-0.2, 0) is 9.59 Å². The second-order valence-corrected chi connectivity index (χ2v) is 8.23. The van der Waals surface area contributed by atoms with E-state index >= 15 is 0 Å². The van der Waals surface area contributed by atoms with Crippen LogP contribution in [0.1, 0.15) is 24.8 Å². The maximum Gasteiger partial charge on any atom is 0.236 e. The van der Waals surface area contributed by atoms with Gasteiger partial charge >= 0.3 is 0 Å². The lowest BCUT2D eigenvalue weighted by Crippen LogP contribution is -2.53. The van der Waals surface area contributed by atoms with Crippen LogP contribution in [0.4, 0.5) is 5.69 Å². The topological polar surface area (TPSA) is 70.9 Å². The van der Waals surface area contributed by atoms with E-state index < -0.39 is 0 Å². The van der Waals surface area contributed by atoms with Crippen molar-refractivity contribution in [2.24, 2.45) is 5.92 Å². The van der Waals surface area contributed by atoms with Crippen molar-refractivity contribution in [3.05, 3.63) is 29.8 Å². The monoisotopic (exact) mass is 395 g/mol. The summed E-state index contributed by atoms with van der Waals surface area (Å²) < 4.78 is 0. The lowest BCUT2D eigenvalue weighted by molar-refractivity contribution is -0.140. The molecule has 2 heterocycles. The Labute approximate surface area is 172 Å². The van der Waals surface area contributed by atoms with Crippen molar-refractivity contribution >= 4 is 17.5 Å². The molecule has 154 valence electrons. The second-order valence-electron chi connectivity index (χ2n) is 8.23.